The predicted molar refractivity (Wildman–Crippen MR) is 100 cm³/mol. The Morgan fingerprint density at radius 2 is 1.81 bits per heavy atom. The fraction of sp³-hybridized carbons (Fsp3) is 0.158. The van der Waals surface area contributed by atoms with Gasteiger partial charge in [-0.05, 0) is 49.4 Å². The minimum Gasteiger partial charge on any atom is -0.449 e. The smallest absolute Gasteiger partial charge is 0.338 e. The first-order chi connectivity index (χ1) is 12.9. The third-order valence-corrected chi connectivity index (χ3v) is 3.62. The molecule has 0 unspecified atom stereocenters. The highest BCUT2D eigenvalue weighted by molar-refractivity contribution is 6.30. The van der Waals surface area contributed by atoms with Gasteiger partial charge in [-0.25, -0.2) is 4.79 Å². The van der Waals surface area contributed by atoms with Crippen LogP contribution in [0.5, 0.6) is 0 Å². The lowest BCUT2D eigenvalue weighted by atomic mass is 10.2. The number of rotatable bonds is 6. The first-order valence-electron chi connectivity index (χ1n) is 7.93. The summed E-state index contributed by atoms with van der Waals surface area (Å²) in [4.78, 5) is 35.6. The number of benzene rings is 2. The van der Waals surface area contributed by atoms with E-state index in [0.29, 0.717) is 16.4 Å². The van der Waals surface area contributed by atoms with E-state index in [-0.39, 0.29) is 12.0 Å². The van der Waals surface area contributed by atoms with Gasteiger partial charge in [0.2, 0.25) is 5.91 Å². The van der Waals surface area contributed by atoms with Crippen LogP contribution in [-0.4, -0.2) is 23.9 Å². The second-order valence-electron chi connectivity index (χ2n) is 5.51. The Hall–Kier alpha value is -3.37. The zero-order valence-corrected chi connectivity index (χ0v) is 15.1. The molecule has 0 aliphatic heterocycles. The van der Waals surface area contributed by atoms with Gasteiger partial charge >= 0.3 is 5.97 Å². The van der Waals surface area contributed by atoms with Crippen LogP contribution in [0.15, 0.2) is 48.5 Å². The molecule has 2 aromatic rings. The third kappa shape index (κ3) is 6.13. The monoisotopic (exact) mass is 385 g/mol. The van der Waals surface area contributed by atoms with Crippen molar-refractivity contribution < 1.29 is 19.1 Å². The maximum atomic E-state index is 12.1. The van der Waals surface area contributed by atoms with Crippen molar-refractivity contribution in [2.75, 3.05) is 10.6 Å². The van der Waals surface area contributed by atoms with Crippen molar-refractivity contribution in [3.05, 3.63) is 59.1 Å². The largest absolute Gasteiger partial charge is 0.449 e. The number of hydrogen-bond acceptors (Lipinski definition) is 5. The number of carbonyl (C=O) groups excluding carboxylic acids is 3. The van der Waals surface area contributed by atoms with Crippen molar-refractivity contribution in [3.63, 3.8) is 0 Å². The molecule has 2 amide bonds. The highest BCUT2D eigenvalue weighted by Gasteiger charge is 2.19. The summed E-state index contributed by atoms with van der Waals surface area (Å²) in [6, 6.07) is 14.2. The number of anilines is 2. The summed E-state index contributed by atoms with van der Waals surface area (Å²) in [7, 11) is 0. The van der Waals surface area contributed by atoms with E-state index < -0.39 is 23.9 Å². The van der Waals surface area contributed by atoms with Gasteiger partial charge in [0.15, 0.2) is 6.10 Å². The molecule has 138 valence electrons. The quantitative estimate of drug-likeness (QED) is 0.741. The average molecular weight is 386 g/mol. The number of ether oxygens (including phenoxy) is 1. The molecule has 0 saturated carbocycles. The van der Waals surface area contributed by atoms with Gasteiger partial charge in [0.1, 0.15) is 6.42 Å². The van der Waals surface area contributed by atoms with Crippen molar-refractivity contribution in [1.29, 1.82) is 5.26 Å². The van der Waals surface area contributed by atoms with E-state index in [4.69, 9.17) is 21.6 Å². The summed E-state index contributed by atoms with van der Waals surface area (Å²) in [6.07, 6.45) is -1.28. The van der Waals surface area contributed by atoms with Gasteiger partial charge in [-0.15, -0.1) is 0 Å². The highest BCUT2D eigenvalue weighted by atomic mass is 35.5. The van der Waals surface area contributed by atoms with Gasteiger partial charge in [-0.2, -0.15) is 5.26 Å². The predicted octanol–water partition coefficient (Wildman–Crippen LogP) is 3.38. The van der Waals surface area contributed by atoms with E-state index in [1.807, 2.05) is 0 Å². The Morgan fingerprint density at radius 1 is 1.11 bits per heavy atom. The molecule has 0 aliphatic rings. The number of halogens is 1. The van der Waals surface area contributed by atoms with Crippen molar-refractivity contribution in [2.24, 2.45) is 0 Å². The Bertz CT molecular complexity index is 891. The minimum atomic E-state index is -1.02. The molecule has 2 rings (SSSR count). The van der Waals surface area contributed by atoms with Gasteiger partial charge in [-0.1, -0.05) is 17.7 Å². The van der Waals surface area contributed by atoms with E-state index in [2.05, 4.69) is 10.6 Å². The lowest BCUT2D eigenvalue weighted by Gasteiger charge is -2.14. The van der Waals surface area contributed by atoms with E-state index >= 15 is 0 Å². The van der Waals surface area contributed by atoms with E-state index in [1.165, 1.54) is 31.2 Å². The number of nitrogens with one attached hydrogen (secondary N) is 2. The molecule has 1 atom stereocenters. The van der Waals surface area contributed by atoms with Gasteiger partial charge in [0.25, 0.3) is 5.91 Å². The molecule has 0 heterocycles. The number of hydrogen-bond donors (Lipinski definition) is 2. The summed E-state index contributed by atoms with van der Waals surface area (Å²) < 4.78 is 5.15. The Kier molecular flexibility index (Phi) is 6.92. The zero-order valence-electron chi connectivity index (χ0n) is 14.4. The molecule has 0 saturated heterocycles. The minimum absolute atomic E-state index is 0.218. The molecule has 0 aromatic heterocycles. The van der Waals surface area contributed by atoms with Crippen molar-refractivity contribution in [2.45, 2.75) is 19.4 Å². The molecule has 0 aliphatic carbocycles. The molecule has 2 aromatic carbocycles. The van der Waals surface area contributed by atoms with E-state index in [0.717, 1.165) is 0 Å². The lowest BCUT2D eigenvalue weighted by Crippen LogP contribution is -2.30. The van der Waals surface area contributed by atoms with Crippen LogP contribution in [0.4, 0.5) is 11.4 Å². The summed E-state index contributed by atoms with van der Waals surface area (Å²) >= 11 is 5.86. The van der Waals surface area contributed by atoms with Crippen LogP contribution < -0.4 is 10.6 Å². The molecule has 27 heavy (non-hydrogen) atoms. The van der Waals surface area contributed by atoms with E-state index in [9.17, 15) is 14.4 Å². The van der Waals surface area contributed by atoms with Crippen LogP contribution in [0, 0.1) is 11.3 Å². The average Bonchev–Trinajstić information content (AvgIpc) is 2.62. The Balaban J connectivity index is 1.92. The van der Waals surface area contributed by atoms with Crippen LogP contribution in [0.1, 0.15) is 23.7 Å². The number of nitriles is 1. The standard InChI is InChI=1S/C19H16ClN3O4/c1-12(18(25)23-16-4-2-3-14(20)11-16)27-19(26)13-5-7-15(8-6-13)22-17(24)9-10-21/h2-8,11-12H,9H2,1H3,(H,22,24)(H,23,25)/t12-/m0/s1. The Labute approximate surface area is 160 Å². The number of esters is 1. The molecule has 8 heteroatoms. The van der Waals surface area contributed by atoms with Crippen molar-refractivity contribution >= 4 is 40.8 Å². The molecule has 2 N–H and O–H groups in total. The number of amides is 2. The summed E-state index contributed by atoms with van der Waals surface area (Å²) in [5.41, 5.74) is 1.15. The van der Waals surface area contributed by atoms with Crippen molar-refractivity contribution in [1.82, 2.24) is 0 Å². The number of carbonyl (C=O) groups is 3. The van der Waals surface area contributed by atoms with E-state index in [1.54, 1.807) is 30.3 Å². The fourth-order valence-corrected chi connectivity index (χ4v) is 2.25. The second kappa shape index (κ2) is 9.36. The normalized spacial score (nSPS) is 11.0. The van der Waals surface area contributed by atoms with Crippen LogP contribution in [-0.2, 0) is 14.3 Å². The maximum absolute atomic E-state index is 12.1. The van der Waals surface area contributed by atoms with Crippen LogP contribution >= 0.6 is 11.6 Å². The molecular weight excluding hydrogens is 370 g/mol. The molecule has 7 nitrogen and oxygen atoms in total. The van der Waals surface area contributed by atoms with Gasteiger partial charge < -0.3 is 15.4 Å². The van der Waals surface area contributed by atoms with Crippen molar-refractivity contribution in [3.8, 4) is 6.07 Å². The summed E-state index contributed by atoms with van der Waals surface area (Å²) in [5.74, 6) is -1.62. The Morgan fingerprint density at radius 3 is 2.44 bits per heavy atom. The van der Waals surface area contributed by atoms with Gasteiger partial charge in [0.05, 0.1) is 11.6 Å². The third-order valence-electron chi connectivity index (χ3n) is 3.39. The first-order valence-corrected chi connectivity index (χ1v) is 8.31. The molecule has 0 bridgehead atoms. The maximum Gasteiger partial charge on any atom is 0.338 e. The van der Waals surface area contributed by atoms with Crippen LogP contribution in [0.25, 0.3) is 0 Å². The lowest BCUT2D eigenvalue weighted by molar-refractivity contribution is -0.123. The van der Waals surface area contributed by atoms with Crippen LogP contribution in [0.2, 0.25) is 5.02 Å². The van der Waals surface area contributed by atoms with Gasteiger partial charge in [0, 0.05) is 16.4 Å². The summed E-state index contributed by atoms with van der Waals surface area (Å²) in [5, 5.41) is 14.0. The molecule has 0 radical (unpaired) electrons. The zero-order chi connectivity index (χ0) is 19.8. The molecule has 0 spiro atoms. The topological polar surface area (TPSA) is 108 Å². The van der Waals surface area contributed by atoms with Gasteiger partial charge in [-0.3, -0.25) is 9.59 Å². The summed E-state index contributed by atoms with van der Waals surface area (Å²) in [6.45, 7) is 1.45. The first kappa shape index (κ1) is 19.9. The molecular formula is C19H16ClN3O4. The van der Waals surface area contributed by atoms with Crippen LogP contribution in [0.3, 0.4) is 0 Å². The fourth-order valence-electron chi connectivity index (χ4n) is 2.06. The second-order valence-corrected chi connectivity index (χ2v) is 5.94. The number of nitrogens with zero attached hydrogens (tertiary/aromatic N) is 1. The highest BCUT2D eigenvalue weighted by Crippen LogP contribution is 2.16. The molecule has 0 fully saturated rings. The SMILES string of the molecule is C[C@H](OC(=O)c1ccc(NC(=O)CC#N)cc1)C(=O)Nc1cccc(Cl)c1.